The number of fused-ring (bicyclic) bond motifs is 6. The lowest BCUT2D eigenvalue weighted by molar-refractivity contribution is 0.591. The van der Waals surface area contributed by atoms with Crippen LogP contribution in [0.15, 0.2) is 121 Å². The highest BCUT2D eigenvalue weighted by molar-refractivity contribution is 6.12. The average Bonchev–Trinajstić information content (AvgIpc) is 3.62. The first-order valence-corrected chi connectivity index (χ1v) is 17.1. The molecule has 8 aromatic rings. The standard InChI is InChI=1S/C46H38N4/c1-45(2,3)32-18-20-40-36(25-32)34-14-7-9-16-38(34)49(40)42-23-30(28-48)24-43(44(42)31-13-11-12-29(22-31)27-47)50-39-17-10-8-15-35(39)37-26-33(46(4,5)6)19-21-41(37)50/h7-26H,1-6H3. The van der Waals surface area contributed by atoms with Crippen LogP contribution in [-0.4, -0.2) is 9.13 Å². The SMILES string of the molecule is CC(C)(C)c1ccc2c(c1)c1ccccc1n2-c1cc(C#N)cc(-n2c3ccccc3c3cc(C(C)(C)C)ccc32)c1-c1cccc(C#N)c1. The smallest absolute Gasteiger partial charge is 0.0993 e. The molecule has 0 aliphatic carbocycles. The zero-order valence-corrected chi connectivity index (χ0v) is 29.3. The number of nitrogens with zero attached hydrogens (tertiary/aromatic N) is 4. The van der Waals surface area contributed by atoms with Crippen LogP contribution in [0.4, 0.5) is 0 Å². The Hall–Kier alpha value is -6.10. The lowest BCUT2D eigenvalue weighted by atomic mass is 9.86. The molecule has 0 radical (unpaired) electrons. The van der Waals surface area contributed by atoms with E-state index in [1.807, 2.05) is 30.3 Å². The first-order chi connectivity index (χ1) is 24.0. The predicted molar refractivity (Wildman–Crippen MR) is 207 cm³/mol. The van der Waals surface area contributed by atoms with Gasteiger partial charge in [-0.3, -0.25) is 0 Å². The van der Waals surface area contributed by atoms with Crippen LogP contribution < -0.4 is 0 Å². The molecule has 0 N–H and O–H groups in total. The van der Waals surface area contributed by atoms with Gasteiger partial charge in [-0.15, -0.1) is 0 Å². The number of para-hydroxylation sites is 2. The molecule has 0 aliphatic heterocycles. The van der Waals surface area contributed by atoms with E-state index >= 15 is 0 Å². The molecule has 0 spiro atoms. The van der Waals surface area contributed by atoms with Crippen molar-refractivity contribution < 1.29 is 0 Å². The van der Waals surface area contributed by atoms with Crippen LogP contribution >= 0.6 is 0 Å². The van der Waals surface area contributed by atoms with Crippen molar-refractivity contribution in [3.8, 4) is 34.6 Å². The van der Waals surface area contributed by atoms with E-state index in [2.05, 4.69) is 154 Å². The van der Waals surface area contributed by atoms with E-state index in [9.17, 15) is 10.5 Å². The molecule has 0 saturated carbocycles. The van der Waals surface area contributed by atoms with Gasteiger partial charge in [0.2, 0.25) is 0 Å². The van der Waals surface area contributed by atoms with Gasteiger partial charge < -0.3 is 9.13 Å². The molecule has 50 heavy (non-hydrogen) atoms. The Labute approximate surface area is 293 Å². The molecule has 4 nitrogen and oxygen atoms in total. The highest BCUT2D eigenvalue weighted by Crippen LogP contribution is 2.44. The number of aromatic nitrogens is 2. The Bertz CT molecular complexity index is 2590. The van der Waals surface area contributed by atoms with E-state index in [-0.39, 0.29) is 10.8 Å². The molecule has 242 valence electrons. The van der Waals surface area contributed by atoms with Gasteiger partial charge in [0.05, 0.1) is 56.7 Å². The Morgan fingerprint density at radius 2 is 0.900 bits per heavy atom. The summed E-state index contributed by atoms with van der Waals surface area (Å²) in [6.45, 7) is 13.5. The van der Waals surface area contributed by atoms with Gasteiger partial charge in [-0.25, -0.2) is 0 Å². The normalized spacial score (nSPS) is 12.2. The minimum absolute atomic E-state index is 0.0163. The van der Waals surface area contributed by atoms with Crippen LogP contribution in [0.25, 0.3) is 66.1 Å². The molecule has 6 aromatic carbocycles. The quantitative estimate of drug-likeness (QED) is 0.192. The van der Waals surface area contributed by atoms with Gasteiger partial charge in [0.1, 0.15) is 0 Å². The van der Waals surface area contributed by atoms with Gasteiger partial charge in [0.15, 0.2) is 0 Å². The lowest BCUT2D eigenvalue weighted by Crippen LogP contribution is -2.10. The first-order valence-electron chi connectivity index (χ1n) is 17.1. The van der Waals surface area contributed by atoms with E-state index in [4.69, 9.17) is 0 Å². The monoisotopic (exact) mass is 646 g/mol. The van der Waals surface area contributed by atoms with Crippen LogP contribution in [0, 0.1) is 22.7 Å². The molecule has 0 saturated heterocycles. The Morgan fingerprint density at radius 3 is 1.36 bits per heavy atom. The third-order valence-corrected chi connectivity index (χ3v) is 10.1. The summed E-state index contributed by atoms with van der Waals surface area (Å²) in [5, 5.41) is 25.3. The summed E-state index contributed by atoms with van der Waals surface area (Å²) in [4.78, 5) is 0. The maximum Gasteiger partial charge on any atom is 0.0993 e. The molecule has 0 bridgehead atoms. The largest absolute Gasteiger partial charge is 0.308 e. The second kappa shape index (κ2) is 11.2. The molecule has 8 rings (SSSR count). The fraction of sp³-hybridized carbons (Fsp3) is 0.174. The first kappa shape index (κ1) is 31.2. The Kier molecular flexibility index (Phi) is 7.00. The number of hydrogen-bond donors (Lipinski definition) is 0. The summed E-state index contributed by atoms with van der Waals surface area (Å²) in [5.74, 6) is 0. The summed E-state index contributed by atoms with van der Waals surface area (Å²) in [6.07, 6.45) is 0. The van der Waals surface area contributed by atoms with E-state index in [0.29, 0.717) is 11.1 Å². The molecule has 0 fully saturated rings. The van der Waals surface area contributed by atoms with Gasteiger partial charge in [0.25, 0.3) is 0 Å². The summed E-state index contributed by atoms with van der Waals surface area (Å²) in [5.41, 5.74) is 11.5. The van der Waals surface area contributed by atoms with Crippen molar-refractivity contribution in [1.82, 2.24) is 9.13 Å². The fourth-order valence-electron chi connectivity index (χ4n) is 7.47. The maximum atomic E-state index is 10.6. The van der Waals surface area contributed by atoms with E-state index in [0.717, 1.165) is 55.3 Å². The summed E-state index contributed by atoms with van der Waals surface area (Å²) < 4.78 is 4.61. The predicted octanol–water partition coefficient (Wildman–Crippen LogP) is 11.9. The van der Waals surface area contributed by atoms with Gasteiger partial charge in [-0.05, 0) is 88.2 Å². The van der Waals surface area contributed by atoms with Crippen LogP contribution in [-0.2, 0) is 10.8 Å². The molecule has 0 atom stereocenters. The van der Waals surface area contributed by atoms with Crippen LogP contribution in [0.2, 0.25) is 0 Å². The second-order valence-corrected chi connectivity index (χ2v) is 15.4. The van der Waals surface area contributed by atoms with Gasteiger partial charge in [-0.1, -0.05) is 102 Å². The second-order valence-electron chi connectivity index (χ2n) is 15.4. The van der Waals surface area contributed by atoms with Gasteiger partial charge in [-0.2, -0.15) is 10.5 Å². The zero-order valence-electron chi connectivity index (χ0n) is 29.3. The third kappa shape index (κ3) is 4.88. The molecule has 2 aromatic heterocycles. The molecule has 4 heteroatoms. The molecular formula is C46H38N4. The number of benzene rings is 6. The van der Waals surface area contributed by atoms with E-state index in [1.54, 1.807) is 0 Å². The highest BCUT2D eigenvalue weighted by Gasteiger charge is 2.25. The van der Waals surface area contributed by atoms with Gasteiger partial charge >= 0.3 is 0 Å². The summed E-state index contributed by atoms with van der Waals surface area (Å²) in [6, 6.07) is 47.3. The van der Waals surface area contributed by atoms with Crippen LogP contribution in [0.1, 0.15) is 63.8 Å². The van der Waals surface area contributed by atoms with E-state index in [1.165, 1.54) is 21.9 Å². The number of nitriles is 2. The fourth-order valence-corrected chi connectivity index (χ4v) is 7.47. The third-order valence-electron chi connectivity index (χ3n) is 10.1. The molecule has 0 amide bonds. The summed E-state index contributed by atoms with van der Waals surface area (Å²) >= 11 is 0. The highest BCUT2D eigenvalue weighted by atomic mass is 15.0. The molecule has 0 unspecified atom stereocenters. The van der Waals surface area contributed by atoms with Crippen LogP contribution in [0.5, 0.6) is 0 Å². The van der Waals surface area contributed by atoms with E-state index < -0.39 is 0 Å². The van der Waals surface area contributed by atoms with Crippen molar-refractivity contribution >= 4 is 43.6 Å². The van der Waals surface area contributed by atoms with Crippen molar-refractivity contribution in [3.63, 3.8) is 0 Å². The Balaban J connectivity index is 1.57. The molecular weight excluding hydrogens is 609 g/mol. The van der Waals surface area contributed by atoms with Gasteiger partial charge in [0, 0.05) is 27.1 Å². The minimum Gasteiger partial charge on any atom is -0.308 e. The Morgan fingerprint density at radius 1 is 0.440 bits per heavy atom. The maximum absolute atomic E-state index is 10.6. The van der Waals surface area contributed by atoms with Crippen molar-refractivity contribution in [2.75, 3.05) is 0 Å². The van der Waals surface area contributed by atoms with Crippen molar-refractivity contribution in [3.05, 3.63) is 144 Å². The average molecular weight is 647 g/mol. The zero-order chi connectivity index (χ0) is 34.9. The number of rotatable bonds is 3. The number of hydrogen-bond acceptors (Lipinski definition) is 2. The topological polar surface area (TPSA) is 57.4 Å². The molecule has 2 heterocycles. The lowest BCUT2D eigenvalue weighted by Gasteiger charge is -2.22. The minimum atomic E-state index is -0.0163. The molecule has 0 aliphatic rings. The van der Waals surface area contributed by atoms with Crippen molar-refractivity contribution in [1.29, 1.82) is 10.5 Å². The van der Waals surface area contributed by atoms with Crippen molar-refractivity contribution in [2.24, 2.45) is 0 Å². The van der Waals surface area contributed by atoms with Crippen molar-refractivity contribution in [2.45, 2.75) is 52.4 Å². The van der Waals surface area contributed by atoms with Crippen LogP contribution in [0.3, 0.4) is 0 Å². The summed E-state index contributed by atoms with van der Waals surface area (Å²) in [7, 11) is 0.